The first kappa shape index (κ1) is 19.7. The van der Waals surface area contributed by atoms with Gasteiger partial charge in [0.2, 0.25) is 11.8 Å². The van der Waals surface area contributed by atoms with Crippen LogP contribution in [-0.4, -0.2) is 11.8 Å². The fourth-order valence-electron chi connectivity index (χ4n) is 2.70. The summed E-state index contributed by atoms with van der Waals surface area (Å²) >= 11 is 0. The van der Waals surface area contributed by atoms with E-state index in [0.29, 0.717) is 24.2 Å². The number of amides is 2. The van der Waals surface area contributed by atoms with E-state index in [1.165, 1.54) is 12.5 Å². The van der Waals surface area contributed by atoms with Gasteiger partial charge in [-0.1, -0.05) is 51.1 Å². The standard InChI is InChI=1S/C22H28N2O2/c1-15-6-12-19(23-16(2)25)20(14-15)24-21(26)13-9-17-7-10-18(11-8-17)22(3,4)5/h6-8,10-12,14H,9,13H2,1-5H3,(H,23,25)(H,24,26). The second kappa shape index (κ2) is 8.17. The van der Waals surface area contributed by atoms with Crippen LogP contribution in [0.25, 0.3) is 0 Å². The predicted molar refractivity (Wildman–Crippen MR) is 108 cm³/mol. The van der Waals surface area contributed by atoms with Crippen molar-refractivity contribution in [2.45, 2.75) is 52.9 Å². The van der Waals surface area contributed by atoms with E-state index < -0.39 is 0 Å². The molecule has 138 valence electrons. The van der Waals surface area contributed by atoms with Gasteiger partial charge >= 0.3 is 0 Å². The Hall–Kier alpha value is -2.62. The average molecular weight is 352 g/mol. The Balaban J connectivity index is 1.99. The summed E-state index contributed by atoms with van der Waals surface area (Å²) in [7, 11) is 0. The van der Waals surface area contributed by atoms with Gasteiger partial charge in [-0.05, 0) is 47.6 Å². The van der Waals surface area contributed by atoms with Crippen LogP contribution < -0.4 is 10.6 Å². The summed E-state index contributed by atoms with van der Waals surface area (Å²) in [5.41, 5.74) is 4.82. The lowest BCUT2D eigenvalue weighted by molar-refractivity contribution is -0.116. The van der Waals surface area contributed by atoms with Crippen LogP contribution in [0.15, 0.2) is 42.5 Å². The second-order valence-corrected chi connectivity index (χ2v) is 7.73. The van der Waals surface area contributed by atoms with Gasteiger partial charge in [0.1, 0.15) is 0 Å². The Morgan fingerprint density at radius 2 is 1.58 bits per heavy atom. The summed E-state index contributed by atoms with van der Waals surface area (Å²) in [6.07, 6.45) is 1.07. The molecule has 4 heteroatoms. The maximum Gasteiger partial charge on any atom is 0.224 e. The Labute approximate surface area is 156 Å². The molecule has 26 heavy (non-hydrogen) atoms. The van der Waals surface area contributed by atoms with Gasteiger partial charge in [0.05, 0.1) is 11.4 Å². The lowest BCUT2D eigenvalue weighted by Gasteiger charge is -2.19. The monoisotopic (exact) mass is 352 g/mol. The van der Waals surface area contributed by atoms with Crippen LogP contribution in [-0.2, 0) is 21.4 Å². The zero-order chi connectivity index (χ0) is 19.3. The van der Waals surface area contributed by atoms with Crippen molar-refractivity contribution in [2.24, 2.45) is 0 Å². The smallest absolute Gasteiger partial charge is 0.224 e. The molecule has 0 saturated heterocycles. The van der Waals surface area contributed by atoms with Gasteiger partial charge in [0.15, 0.2) is 0 Å². The van der Waals surface area contributed by atoms with Gasteiger partial charge in [-0.2, -0.15) is 0 Å². The number of benzene rings is 2. The average Bonchev–Trinajstić information content (AvgIpc) is 2.55. The van der Waals surface area contributed by atoms with Crippen molar-refractivity contribution >= 4 is 23.2 Å². The first-order chi connectivity index (χ1) is 12.1. The first-order valence-corrected chi connectivity index (χ1v) is 8.92. The van der Waals surface area contributed by atoms with E-state index in [4.69, 9.17) is 0 Å². The first-order valence-electron chi connectivity index (χ1n) is 8.92. The minimum atomic E-state index is -0.164. The van der Waals surface area contributed by atoms with Crippen molar-refractivity contribution in [1.82, 2.24) is 0 Å². The molecule has 0 aliphatic rings. The molecule has 0 bridgehead atoms. The number of nitrogens with one attached hydrogen (secondary N) is 2. The molecular formula is C22H28N2O2. The third-order valence-electron chi connectivity index (χ3n) is 4.22. The molecule has 2 amide bonds. The van der Waals surface area contributed by atoms with Crippen LogP contribution in [0.1, 0.15) is 50.8 Å². The van der Waals surface area contributed by atoms with E-state index in [1.807, 2.05) is 19.1 Å². The number of carbonyl (C=O) groups excluding carboxylic acids is 2. The van der Waals surface area contributed by atoms with E-state index in [0.717, 1.165) is 11.1 Å². The lowest BCUT2D eigenvalue weighted by atomic mass is 9.86. The summed E-state index contributed by atoms with van der Waals surface area (Å²) in [5.74, 6) is -0.231. The van der Waals surface area contributed by atoms with Crippen LogP contribution in [0.4, 0.5) is 11.4 Å². The Morgan fingerprint density at radius 3 is 2.15 bits per heavy atom. The number of hydrogen-bond acceptors (Lipinski definition) is 2. The minimum Gasteiger partial charge on any atom is -0.325 e. The molecular weight excluding hydrogens is 324 g/mol. The van der Waals surface area contributed by atoms with E-state index in [1.54, 1.807) is 6.07 Å². The lowest BCUT2D eigenvalue weighted by Crippen LogP contribution is -2.15. The van der Waals surface area contributed by atoms with Crippen molar-refractivity contribution in [3.8, 4) is 0 Å². The minimum absolute atomic E-state index is 0.0675. The maximum absolute atomic E-state index is 12.3. The van der Waals surface area contributed by atoms with Crippen LogP contribution in [0.3, 0.4) is 0 Å². The Bertz CT molecular complexity index is 787. The number of hydrogen-bond donors (Lipinski definition) is 2. The number of aryl methyl sites for hydroxylation is 2. The van der Waals surface area contributed by atoms with Gasteiger partial charge in [0.25, 0.3) is 0 Å². The van der Waals surface area contributed by atoms with Crippen LogP contribution in [0, 0.1) is 6.92 Å². The highest BCUT2D eigenvalue weighted by molar-refractivity contribution is 5.99. The highest BCUT2D eigenvalue weighted by Gasteiger charge is 2.13. The molecule has 0 atom stereocenters. The highest BCUT2D eigenvalue weighted by Crippen LogP contribution is 2.24. The van der Waals surface area contributed by atoms with Crippen LogP contribution >= 0.6 is 0 Å². The van der Waals surface area contributed by atoms with E-state index >= 15 is 0 Å². The van der Waals surface area contributed by atoms with Gasteiger partial charge < -0.3 is 10.6 Å². The molecule has 4 nitrogen and oxygen atoms in total. The SMILES string of the molecule is CC(=O)Nc1ccc(C)cc1NC(=O)CCc1ccc(C(C)(C)C)cc1. The van der Waals surface area contributed by atoms with Gasteiger partial charge in [-0.3, -0.25) is 9.59 Å². The molecule has 0 spiro atoms. The third kappa shape index (κ3) is 5.73. The van der Waals surface area contributed by atoms with Crippen molar-refractivity contribution in [3.05, 3.63) is 59.2 Å². The molecule has 0 unspecified atom stereocenters. The zero-order valence-corrected chi connectivity index (χ0v) is 16.3. The molecule has 0 saturated carbocycles. The predicted octanol–water partition coefficient (Wildman–Crippen LogP) is 4.82. The molecule has 0 fully saturated rings. The molecule has 2 aromatic carbocycles. The summed E-state index contributed by atoms with van der Waals surface area (Å²) < 4.78 is 0. The highest BCUT2D eigenvalue weighted by atomic mass is 16.2. The fraction of sp³-hybridized carbons (Fsp3) is 0.364. The Morgan fingerprint density at radius 1 is 0.923 bits per heavy atom. The molecule has 0 aromatic heterocycles. The third-order valence-corrected chi connectivity index (χ3v) is 4.22. The van der Waals surface area contributed by atoms with E-state index in [9.17, 15) is 9.59 Å². The van der Waals surface area contributed by atoms with Gasteiger partial charge in [-0.15, -0.1) is 0 Å². The number of carbonyl (C=O) groups is 2. The van der Waals surface area contributed by atoms with Gasteiger partial charge in [-0.25, -0.2) is 0 Å². The van der Waals surface area contributed by atoms with Crippen LogP contribution in [0.2, 0.25) is 0 Å². The summed E-state index contributed by atoms with van der Waals surface area (Å²) in [4.78, 5) is 23.7. The summed E-state index contributed by atoms with van der Waals surface area (Å²) in [5, 5.41) is 5.66. The summed E-state index contributed by atoms with van der Waals surface area (Å²) in [6.45, 7) is 9.95. The fourth-order valence-corrected chi connectivity index (χ4v) is 2.70. The molecule has 2 aromatic rings. The number of rotatable bonds is 5. The van der Waals surface area contributed by atoms with Crippen molar-refractivity contribution in [3.63, 3.8) is 0 Å². The Kier molecular flexibility index (Phi) is 6.19. The zero-order valence-electron chi connectivity index (χ0n) is 16.3. The van der Waals surface area contributed by atoms with Crippen LogP contribution in [0.5, 0.6) is 0 Å². The van der Waals surface area contributed by atoms with Crippen molar-refractivity contribution in [1.29, 1.82) is 0 Å². The quantitative estimate of drug-likeness (QED) is 0.810. The van der Waals surface area contributed by atoms with E-state index in [-0.39, 0.29) is 17.2 Å². The largest absolute Gasteiger partial charge is 0.325 e. The van der Waals surface area contributed by atoms with Gasteiger partial charge in [0, 0.05) is 13.3 Å². The molecule has 2 rings (SSSR count). The van der Waals surface area contributed by atoms with Crippen molar-refractivity contribution < 1.29 is 9.59 Å². The number of anilines is 2. The molecule has 2 N–H and O–H groups in total. The summed E-state index contributed by atoms with van der Waals surface area (Å²) in [6, 6.07) is 14.0. The second-order valence-electron chi connectivity index (χ2n) is 7.73. The topological polar surface area (TPSA) is 58.2 Å². The molecule has 0 aliphatic heterocycles. The van der Waals surface area contributed by atoms with Crippen molar-refractivity contribution in [2.75, 3.05) is 10.6 Å². The maximum atomic E-state index is 12.3. The molecule has 0 heterocycles. The normalized spacial score (nSPS) is 11.1. The molecule has 0 aliphatic carbocycles. The molecule has 0 radical (unpaired) electrons. The van der Waals surface area contributed by atoms with E-state index in [2.05, 4.69) is 55.7 Å².